The largest absolute Gasteiger partial charge is 0.372 e. The van der Waals surface area contributed by atoms with Crippen LogP contribution in [0.4, 0.5) is 10.5 Å². The van der Waals surface area contributed by atoms with Gasteiger partial charge in [-0.15, -0.1) is 0 Å². The van der Waals surface area contributed by atoms with E-state index in [-0.39, 0.29) is 17.2 Å². The van der Waals surface area contributed by atoms with Gasteiger partial charge in [0.05, 0.1) is 9.83 Å². The fraction of sp³-hybridized carbons (Fsp3) is 0.214. The molecule has 0 saturated carbocycles. The number of imide groups is 1. The van der Waals surface area contributed by atoms with Crippen LogP contribution in [0.1, 0.15) is 12.5 Å². The van der Waals surface area contributed by atoms with Gasteiger partial charge in [-0.3, -0.25) is 29.9 Å². The van der Waals surface area contributed by atoms with E-state index in [1.165, 1.54) is 30.3 Å². The van der Waals surface area contributed by atoms with Crippen LogP contribution in [-0.2, 0) is 14.3 Å². The van der Waals surface area contributed by atoms with Crippen LogP contribution in [0.2, 0.25) is 0 Å². The van der Waals surface area contributed by atoms with Crippen molar-refractivity contribution in [3.63, 3.8) is 0 Å². The summed E-state index contributed by atoms with van der Waals surface area (Å²) in [6.45, 7) is 1.77. The Labute approximate surface area is 140 Å². The predicted molar refractivity (Wildman–Crippen MR) is 85.5 cm³/mol. The molecule has 1 aromatic carbocycles. The Kier molecular flexibility index (Phi) is 5.66. The van der Waals surface area contributed by atoms with E-state index in [0.717, 1.165) is 0 Å². The highest BCUT2D eigenvalue weighted by molar-refractivity contribution is 8.18. The Bertz CT molecular complexity index is 716. The number of nitro groups is 1. The molecule has 2 rings (SSSR count). The lowest BCUT2D eigenvalue weighted by Crippen LogP contribution is -2.46. The molecule has 1 aromatic rings. The molecule has 1 N–H and O–H groups in total. The Morgan fingerprint density at radius 2 is 2.04 bits per heavy atom. The minimum atomic E-state index is -0.673. The van der Waals surface area contributed by atoms with Gasteiger partial charge in [-0.25, -0.2) is 0 Å². The van der Waals surface area contributed by atoms with Gasteiger partial charge >= 0.3 is 5.24 Å². The third-order valence-electron chi connectivity index (χ3n) is 2.87. The van der Waals surface area contributed by atoms with Crippen molar-refractivity contribution in [1.29, 1.82) is 0 Å². The van der Waals surface area contributed by atoms with E-state index < -0.39 is 22.0 Å². The van der Waals surface area contributed by atoms with Gasteiger partial charge in [0, 0.05) is 18.7 Å². The maximum absolute atomic E-state index is 12.2. The SMILES string of the molecule is CCOCC(=O)NN1C(=O)SC(=Cc2ccc([N+](=O)[O-])cc2)C1=O. The monoisotopic (exact) mass is 351 g/mol. The molecule has 10 heteroatoms. The summed E-state index contributed by atoms with van der Waals surface area (Å²) in [5, 5.41) is 10.6. The van der Waals surface area contributed by atoms with E-state index >= 15 is 0 Å². The number of hydrogen-bond donors (Lipinski definition) is 1. The number of hydrazine groups is 1. The van der Waals surface area contributed by atoms with Gasteiger partial charge in [0.15, 0.2) is 0 Å². The normalized spacial score (nSPS) is 15.9. The number of amides is 3. The zero-order valence-electron chi connectivity index (χ0n) is 12.6. The van der Waals surface area contributed by atoms with Crippen LogP contribution in [0.5, 0.6) is 0 Å². The van der Waals surface area contributed by atoms with Crippen molar-refractivity contribution in [1.82, 2.24) is 10.4 Å². The van der Waals surface area contributed by atoms with Crippen molar-refractivity contribution < 1.29 is 24.0 Å². The van der Waals surface area contributed by atoms with Gasteiger partial charge in [0.1, 0.15) is 6.61 Å². The first kappa shape index (κ1) is 17.6. The minimum Gasteiger partial charge on any atom is -0.372 e. The van der Waals surface area contributed by atoms with Crippen LogP contribution in [-0.4, -0.2) is 40.2 Å². The second-order valence-electron chi connectivity index (χ2n) is 4.54. The van der Waals surface area contributed by atoms with Crippen molar-refractivity contribution in [3.05, 3.63) is 44.8 Å². The lowest BCUT2D eigenvalue weighted by Gasteiger charge is -2.13. The van der Waals surface area contributed by atoms with Crippen LogP contribution < -0.4 is 5.43 Å². The number of nitrogens with zero attached hydrogens (tertiary/aromatic N) is 2. The summed E-state index contributed by atoms with van der Waals surface area (Å²) in [5.41, 5.74) is 2.61. The number of nitrogens with one attached hydrogen (secondary N) is 1. The summed E-state index contributed by atoms with van der Waals surface area (Å²) in [5.74, 6) is -1.29. The number of carbonyl (C=O) groups is 3. The molecule has 0 radical (unpaired) electrons. The molecule has 9 nitrogen and oxygen atoms in total. The number of carbonyl (C=O) groups excluding carboxylic acids is 3. The summed E-state index contributed by atoms with van der Waals surface area (Å²) in [6, 6.07) is 5.50. The number of thioether (sulfide) groups is 1. The van der Waals surface area contributed by atoms with Gasteiger partial charge in [0.2, 0.25) is 0 Å². The highest BCUT2D eigenvalue weighted by atomic mass is 32.2. The average molecular weight is 351 g/mol. The number of nitro benzene ring substituents is 1. The van der Waals surface area contributed by atoms with E-state index in [0.29, 0.717) is 28.9 Å². The number of benzene rings is 1. The van der Waals surface area contributed by atoms with E-state index in [2.05, 4.69) is 5.43 Å². The zero-order valence-corrected chi connectivity index (χ0v) is 13.4. The Balaban J connectivity index is 2.09. The van der Waals surface area contributed by atoms with Gasteiger partial charge in [-0.05, 0) is 42.5 Å². The first-order valence-corrected chi connectivity index (χ1v) is 7.63. The molecular formula is C14H13N3O6S. The highest BCUT2D eigenvalue weighted by Crippen LogP contribution is 2.31. The van der Waals surface area contributed by atoms with Gasteiger partial charge in [0.25, 0.3) is 17.5 Å². The fourth-order valence-corrected chi connectivity index (χ4v) is 2.54. The smallest absolute Gasteiger partial charge is 0.312 e. The molecule has 0 aliphatic carbocycles. The first-order valence-electron chi connectivity index (χ1n) is 6.82. The lowest BCUT2D eigenvalue weighted by molar-refractivity contribution is -0.384. The second-order valence-corrected chi connectivity index (χ2v) is 5.53. The van der Waals surface area contributed by atoms with E-state index in [9.17, 15) is 24.5 Å². The molecule has 24 heavy (non-hydrogen) atoms. The standard InChI is InChI=1S/C14H13N3O6S/c1-2-23-8-12(18)15-16-13(19)11(24-14(16)20)7-9-3-5-10(6-4-9)17(21)22/h3-7H,2,8H2,1H3,(H,15,18). The van der Waals surface area contributed by atoms with Crippen molar-refractivity contribution >= 4 is 40.6 Å². The second kappa shape index (κ2) is 7.70. The summed E-state index contributed by atoms with van der Waals surface area (Å²) in [4.78, 5) is 45.7. The molecular weight excluding hydrogens is 338 g/mol. The van der Waals surface area contributed by atoms with E-state index in [4.69, 9.17) is 4.74 Å². The van der Waals surface area contributed by atoms with Crippen LogP contribution >= 0.6 is 11.8 Å². The molecule has 1 aliphatic heterocycles. The topological polar surface area (TPSA) is 119 Å². The number of ether oxygens (including phenoxy) is 1. The van der Waals surface area contributed by atoms with Crippen LogP contribution in [0.3, 0.4) is 0 Å². The molecule has 1 aliphatic rings. The summed E-state index contributed by atoms with van der Waals surface area (Å²) >= 11 is 0.662. The van der Waals surface area contributed by atoms with E-state index in [1.807, 2.05) is 0 Å². The van der Waals surface area contributed by atoms with Crippen LogP contribution in [0, 0.1) is 10.1 Å². The molecule has 0 aromatic heterocycles. The van der Waals surface area contributed by atoms with Crippen molar-refractivity contribution in [2.24, 2.45) is 0 Å². The maximum Gasteiger partial charge on any atom is 0.312 e. The Morgan fingerprint density at radius 3 is 2.62 bits per heavy atom. The van der Waals surface area contributed by atoms with E-state index in [1.54, 1.807) is 6.92 Å². The molecule has 1 saturated heterocycles. The third kappa shape index (κ3) is 4.18. The fourth-order valence-electron chi connectivity index (χ4n) is 1.76. The molecule has 126 valence electrons. The predicted octanol–water partition coefficient (Wildman–Crippen LogP) is 1.70. The molecule has 0 atom stereocenters. The summed E-state index contributed by atoms with van der Waals surface area (Å²) in [7, 11) is 0. The lowest BCUT2D eigenvalue weighted by atomic mass is 10.2. The van der Waals surface area contributed by atoms with Gasteiger partial charge in [-0.1, -0.05) is 0 Å². The molecule has 3 amide bonds. The molecule has 0 spiro atoms. The average Bonchev–Trinajstić information content (AvgIpc) is 2.81. The van der Waals surface area contributed by atoms with Crippen molar-refractivity contribution in [3.8, 4) is 0 Å². The Hall–Kier alpha value is -2.72. The van der Waals surface area contributed by atoms with Crippen LogP contribution in [0.25, 0.3) is 6.08 Å². The number of hydrogen-bond acceptors (Lipinski definition) is 7. The van der Waals surface area contributed by atoms with Crippen LogP contribution in [0.15, 0.2) is 29.2 Å². The minimum absolute atomic E-state index is 0.0801. The summed E-state index contributed by atoms with van der Waals surface area (Å²) in [6.07, 6.45) is 1.42. The molecule has 0 unspecified atom stereocenters. The van der Waals surface area contributed by atoms with Crippen molar-refractivity contribution in [2.45, 2.75) is 6.92 Å². The zero-order chi connectivity index (χ0) is 17.7. The van der Waals surface area contributed by atoms with Crippen molar-refractivity contribution in [2.75, 3.05) is 13.2 Å². The quantitative estimate of drug-likeness (QED) is 0.470. The number of non-ortho nitro benzene ring substituents is 1. The van der Waals surface area contributed by atoms with Gasteiger partial charge in [-0.2, -0.15) is 5.01 Å². The molecule has 1 fully saturated rings. The highest BCUT2D eigenvalue weighted by Gasteiger charge is 2.36. The third-order valence-corrected chi connectivity index (χ3v) is 3.74. The maximum atomic E-state index is 12.2. The summed E-state index contributed by atoms with van der Waals surface area (Å²) < 4.78 is 4.89. The first-order chi connectivity index (χ1) is 11.4. The number of rotatable bonds is 6. The Morgan fingerprint density at radius 1 is 1.38 bits per heavy atom. The molecule has 0 bridgehead atoms. The van der Waals surface area contributed by atoms with Gasteiger partial charge < -0.3 is 4.74 Å². The molecule has 1 heterocycles.